The Morgan fingerprint density at radius 1 is 1.36 bits per heavy atom. The average Bonchev–Trinajstić information content (AvgIpc) is 2.54. The van der Waals surface area contributed by atoms with Crippen molar-refractivity contribution in [1.82, 2.24) is 10.2 Å². The van der Waals surface area contributed by atoms with E-state index in [4.69, 9.17) is 15.2 Å². The van der Waals surface area contributed by atoms with Gasteiger partial charge in [0.2, 0.25) is 0 Å². The number of carbonyl (C=O) groups excluding carboxylic acids is 2. The van der Waals surface area contributed by atoms with Crippen molar-refractivity contribution >= 4 is 12.6 Å². The smallest absolute Gasteiger partial charge is 0.407 e. The fourth-order valence-electron chi connectivity index (χ4n) is 2.87. The molecule has 1 aromatic carbocycles. The Labute approximate surface area is 148 Å². The van der Waals surface area contributed by atoms with E-state index in [0.29, 0.717) is 26.0 Å². The van der Waals surface area contributed by atoms with Crippen molar-refractivity contribution in [3.05, 3.63) is 35.9 Å². The van der Waals surface area contributed by atoms with E-state index in [1.54, 1.807) is 0 Å². The van der Waals surface area contributed by atoms with Crippen LogP contribution >= 0.6 is 0 Å². The van der Waals surface area contributed by atoms with Gasteiger partial charge in [0.1, 0.15) is 5.60 Å². The lowest BCUT2D eigenvalue weighted by Gasteiger charge is -2.40. The molecule has 0 aliphatic carbocycles. The first-order valence-corrected chi connectivity index (χ1v) is 8.43. The standard InChI is InChI=1S/C18H27N3O4/c1-18(2,3)25-17(23)20-15-11-21(10-9-14(15)19)16(24-12-22)13-7-5-4-6-8-13/h4-8,12,14-16H,9-11,19H2,1-3H3,(H,20,23). The molecule has 1 aromatic rings. The minimum absolute atomic E-state index is 0.184. The molecule has 1 fully saturated rings. The SMILES string of the molecule is CC(C)(C)OC(=O)NC1CN(C(OC=O)c2ccccc2)CCC1N. The van der Waals surface area contributed by atoms with Crippen molar-refractivity contribution in [1.29, 1.82) is 0 Å². The number of carbonyl (C=O) groups is 2. The molecule has 3 atom stereocenters. The molecule has 7 heteroatoms. The maximum absolute atomic E-state index is 12.0. The van der Waals surface area contributed by atoms with Crippen LogP contribution in [0.25, 0.3) is 0 Å². The zero-order chi connectivity index (χ0) is 18.4. The van der Waals surface area contributed by atoms with Gasteiger partial charge in [0, 0.05) is 24.7 Å². The van der Waals surface area contributed by atoms with Gasteiger partial charge in [-0.3, -0.25) is 9.69 Å². The Morgan fingerprint density at radius 3 is 2.64 bits per heavy atom. The van der Waals surface area contributed by atoms with E-state index in [1.807, 2.05) is 56.0 Å². The van der Waals surface area contributed by atoms with Crippen molar-refractivity contribution in [2.75, 3.05) is 13.1 Å². The van der Waals surface area contributed by atoms with Gasteiger partial charge >= 0.3 is 6.09 Å². The second kappa shape index (κ2) is 8.31. The average molecular weight is 349 g/mol. The topological polar surface area (TPSA) is 93.9 Å². The van der Waals surface area contributed by atoms with E-state index >= 15 is 0 Å². The summed E-state index contributed by atoms with van der Waals surface area (Å²) in [6.07, 6.45) is -0.331. The molecule has 0 aromatic heterocycles. The number of rotatable bonds is 5. The predicted octanol–water partition coefficient (Wildman–Crippen LogP) is 1.78. The Hall–Kier alpha value is -2.12. The number of nitrogens with two attached hydrogens (primary N) is 1. The highest BCUT2D eigenvalue weighted by Crippen LogP contribution is 2.25. The first kappa shape index (κ1) is 19.2. The number of ether oxygens (including phenoxy) is 2. The Bertz CT molecular complexity index is 573. The monoisotopic (exact) mass is 349 g/mol. The van der Waals surface area contributed by atoms with Crippen LogP contribution in [0.15, 0.2) is 30.3 Å². The molecule has 0 spiro atoms. The van der Waals surface area contributed by atoms with Crippen LogP contribution in [-0.4, -0.2) is 48.2 Å². The van der Waals surface area contributed by atoms with E-state index in [0.717, 1.165) is 5.56 Å². The molecule has 7 nitrogen and oxygen atoms in total. The molecule has 1 saturated heterocycles. The van der Waals surface area contributed by atoms with Crippen LogP contribution in [0.2, 0.25) is 0 Å². The van der Waals surface area contributed by atoms with Gasteiger partial charge in [-0.2, -0.15) is 0 Å². The second-order valence-electron chi connectivity index (χ2n) is 7.20. The summed E-state index contributed by atoms with van der Waals surface area (Å²) in [4.78, 5) is 25.0. The lowest BCUT2D eigenvalue weighted by Crippen LogP contribution is -2.59. The molecule has 0 saturated carbocycles. The van der Waals surface area contributed by atoms with Crippen LogP contribution in [0.3, 0.4) is 0 Å². The van der Waals surface area contributed by atoms with Crippen molar-refractivity contribution in [2.45, 2.75) is 51.1 Å². The number of nitrogens with zero attached hydrogens (tertiary/aromatic N) is 1. The normalized spacial score (nSPS) is 22.7. The highest BCUT2D eigenvalue weighted by Gasteiger charge is 2.33. The summed E-state index contributed by atoms with van der Waals surface area (Å²) in [5, 5.41) is 2.83. The van der Waals surface area contributed by atoms with Crippen LogP contribution in [0.1, 0.15) is 39.0 Å². The number of hydrogen-bond donors (Lipinski definition) is 2. The van der Waals surface area contributed by atoms with Gasteiger partial charge < -0.3 is 20.5 Å². The maximum Gasteiger partial charge on any atom is 0.407 e. The number of nitrogens with one attached hydrogen (secondary N) is 1. The number of alkyl carbamates (subject to hydrolysis) is 1. The molecule has 2 rings (SSSR count). The second-order valence-corrected chi connectivity index (χ2v) is 7.20. The third-order valence-electron chi connectivity index (χ3n) is 4.00. The quantitative estimate of drug-likeness (QED) is 0.787. The highest BCUT2D eigenvalue weighted by molar-refractivity contribution is 5.68. The lowest BCUT2D eigenvalue weighted by atomic mass is 9.99. The highest BCUT2D eigenvalue weighted by atomic mass is 16.6. The zero-order valence-corrected chi connectivity index (χ0v) is 15.0. The van der Waals surface area contributed by atoms with Gasteiger partial charge in [-0.1, -0.05) is 30.3 Å². The zero-order valence-electron chi connectivity index (χ0n) is 15.0. The molecule has 3 unspecified atom stereocenters. The maximum atomic E-state index is 12.0. The fraction of sp³-hybridized carbons (Fsp3) is 0.556. The van der Waals surface area contributed by atoms with E-state index in [2.05, 4.69) is 5.32 Å². The summed E-state index contributed by atoms with van der Waals surface area (Å²) < 4.78 is 10.6. The van der Waals surface area contributed by atoms with Gasteiger partial charge in [-0.05, 0) is 27.2 Å². The molecule has 25 heavy (non-hydrogen) atoms. The van der Waals surface area contributed by atoms with Crippen LogP contribution in [-0.2, 0) is 14.3 Å². The molecule has 0 radical (unpaired) electrons. The minimum atomic E-state index is -0.574. The van der Waals surface area contributed by atoms with Crippen molar-refractivity contribution in [2.24, 2.45) is 5.73 Å². The summed E-state index contributed by atoms with van der Waals surface area (Å²) in [6, 6.07) is 9.02. The summed E-state index contributed by atoms with van der Waals surface area (Å²) in [5.74, 6) is 0. The predicted molar refractivity (Wildman–Crippen MR) is 93.7 cm³/mol. The largest absolute Gasteiger partial charge is 0.444 e. The number of benzene rings is 1. The summed E-state index contributed by atoms with van der Waals surface area (Å²) in [6.45, 7) is 7.01. The lowest BCUT2D eigenvalue weighted by molar-refractivity contribution is -0.146. The number of hydrogen-bond acceptors (Lipinski definition) is 6. The van der Waals surface area contributed by atoms with Gasteiger partial charge in [-0.15, -0.1) is 0 Å². The van der Waals surface area contributed by atoms with Gasteiger partial charge in [0.05, 0.1) is 6.04 Å². The molecular weight excluding hydrogens is 322 g/mol. The third-order valence-corrected chi connectivity index (χ3v) is 4.00. The molecule has 1 aliphatic rings. The first-order valence-electron chi connectivity index (χ1n) is 8.43. The Morgan fingerprint density at radius 2 is 2.04 bits per heavy atom. The van der Waals surface area contributed by atoms with Gasteiger partial charge in [0.25, 0.3) is 6.47 Å². The molecular formula is C18H27N3O4. The van der Waals surface area contributed by atoms with Crippen LogP contribution < -0.4 is 11.1 Å². The van der Waals surface area contributed by atoms with E-state index < -0.39 is 17.9 Å². The van der Waals surface area contributed by atoms with Crippen LogP contribution in [0.4, 0.5) is 4.79 Å². The van der Waals surface area contributed by atoms with Gasteiger partial charge in [-0.25, -0.2) is 4.79 Å². The number of likely N-dealkylation sites (tertiary alicyclic amines) is 1. The number of piperidine rings is 1. The van der Waals surface area contributed by atoms with Crippen LogP contribution in [0, 0.1) is 0 Å². The van der Waals surface area contributed by atoms with Crippen molar-refractivity contribution in [3.8, 4) is 0 Å². The number of amides is 1. The molecule has 3 N–H and O–H groups in total. The molecule has 1 amide bonds. The van der Waals surface area contributed by atoms with Crippen molar-refractivity contribution in [3.63, 3.8) is 0 Å². The van der Waals surface area contributed by atoms with E-state index in [1.165, 1.54) is 0 Å². The van der Waals surface area contributed by atoms with E-state index in [9.17, 15) is 9.59 Å². The van der Waals surface area contributed by atoms with Gasteiger partial charge in [0.15, 0.2) is 6.23 Å². The Balaban J connectivity index is 2.06. The van der Waals surface area contributed by atoms with Crippen LogP contribution in [0.5, 0.6) is 0 Å². The summed E-state index contributed by atoms with van der Waals surface area (Å²) in [7, 11) is 0. The minimum Gasteiger partial charge on any atom is -0.444 e. The third kappa shape index (κ3) is 5.72. The molecule has 0 bridgehead atoms. The molecule has 138 valence electrons. The Kier molecular flexibility index (Phi) is 6.39. The molecule has 1 aliphatic heterocycles. The van der Waals surface area contributed by atoms with Crippen molar-refractivity contribution < 1.29 is 19.1 Å². The first-order chi connectivity index (χ1) is 11.8. The summed E-state index contributed by atoms with van der Waals surface area (Å²) >= 11 is 0. The fourth-order valence-corrected chi connectivity index (χ4v) is 2.87. The summed E-state index contributed by atoms with van der Waals surface area (Å²) in [5.41, 5.74) is 6.46. The van der Waals surface area contributed by atoms with E-state index in [-0.39, 0.29) is 12.1 Å². The molecule has 1 heterocycles.